The van der Waals surface area contributed by atoms with Crippen LogP contribution in [0.5, 0.6) is 0 Å². The van der Waals surface area contributed by atoms with Gasteiger partial charge in [-0.3, -0.25) is 4.79 Å². The van der Waals surface area contributed by atoms with Crippen molar-refractivity contribution < 1.29 is 17.7 Å². The molecule has 2 heterocycles. The van der Waals surface area contributed by atoms with Crippen LogP contribution in [0.25, 0.3) is 0 Å². The van der Waals surface area contributed by atoms with Crippen molar-refractivity contribution in [1.29, 1.82) is 0 Å². The summed E-state index contributed by atoms with van der Waals surface area (Å²) in [5.41, 5.74) is 1.41. The van der Waals surface area contributed by atoms with Crippen LogP contribution < -0.4 is 0 Å². The van der Waals surface area contributed by atoms with E-state index >= 15 is 0 Å². The predicted octanol–water partition coefficient (Wildman–Crippen LogP) is 2.80. The molecule has 1 aliphatic heterocycles. The first-order chi connectivity index (χ1) is 13.3. The Kier molecular flexibility index (Phi) is 6.42. The molecule has 0 spiro atoms. The Morgan fingerprint density at radius 1 is 1.14 bits per heavy atom. The van der Waals surface area contributed by atoms with E-state index in [0.717, 1.165) is 5.56 Å². The smallest absolute Gasteiger partial charge is 0.248 e. The highest BCUT2D eigenvalue weighted by Gasteiger charge is 2.32. The summed E-state index contributed by atoms with van der Waals surface area (Å²) in [4.78, 5) is 14.5. The summed E-state index contributed by atoms with van der Waals surface area (Å²) in [5.74, 6) is 0.323. The maximum Gasteiger partial charge on any atom is 0.248 e. The number of sulfonamides is 1. The first-order valence-electron chi connectivity index (χ1n) is 9.24. The molecule has 0 saturated carbocycles. The molecule has 3 rings (SSSR count). The third kappa shape index (κ3) is 4.56. The van der Waals surface area contributed by atoms with E-state index in [0.29, 0.717) is 49.6 Å². The largest absolute Gasteiger partial charge is 0.360 e. The van der Waals surface area contributed by atoms with Gasteiger partial charge in [0.2, 0.25) is 15.9 Å². The molecule has 1 aliphatic rings. The van der Waals surface area contributed by atoms with Crippen LogP contribution in [0, 0.1) is 13.8 Å². The van der Waals surface area contributed by atoms with Crippen molar-refractivity contribution in [3.63, 3.8) is 0 Å². The van der Waals surface area contributed by atoms with Crippen LogP contribution in [0.15, 0.2) is 33.7 Å². The molecule has 1 aromatic carbocycles. The summed E-state index contributed by atoms with van der Waals surface area (Å²) >= 11 is 5.88. The molecular weight excluding hydrogens is 402 g/mol. The summed E-state index contributed by atoms with van der Waals surface area (Å²) in [6.07, 6.45) is 1.61. The Morgan fingerprint density at radius 3 is 2.50 bits per heavy atom. The summed E-state index contributed by atoms with van der Waals surface area (Å²) in [6.45, 7) is 4.77. The van der Waals surface area contributed by atoms with E-state index in [2.05, 4.69) is 5.16 Å². The average Bonchev–Trinajstić information content (AvgIpc) is 2.86. The molecule has 0 bridgehead atoms. The zero-order chi connectivity index (χ0) is 20.3. The SMILES string of the molecule is Cc1noc(C)c1S(=O)(=O)N1CCCN(C(=O)CCc2ccc(Cl)cc2)CC1. The minimum Gasteiger partial charge on any atom is -0.360 e. The fourth-order valence-electron chi connectivity index (χ4n) is 3.42. The Hall–Kier alpha value is -1.90. The Morgan fingerprint density at radius 2 is 1.86 bits per heavy atom. The van der Waals surface area contributed by atoms with Crippen LogP contribution in [0.4, 0.5) is 0 Å². The van der Waals surface area contributed by atoms with Crippen molar-refractivity contribution in [2.45, 2.75) is 38.0 Å². The van der Waals surface area contributed by atoms with E-state index < -0.39 is 10.0 Å². The molecule has 1 aromatic heterocycles. The minimum absolute atomic E-state index is 0.0338. The third-order valence-electron chi connectivity index (χ3n) is 4.91. The molecule has 1 saturated heterocycles. The van der Waals surface area contributed by atoms with Crippen LogP contribution in [0.2, 0.25) is 5.02 Å². The number of hydrogen-bond acceptors (Lipinski definition) is 5. The van der Waals surface area contributed by atoms with Crippen LogP contribution in [-0.2, 0) is 21.2 Å². The molecule has 7 nitrogen and oxygen atoms in total. The number of halogens is 1. The number of amides is 1. The van der Waals surface area contributed by atoms with E-state index in [-0.39, 0.29) is 23.1 Å². The lowest BCUT2D eigenvalue weighted by atomic mass is 10.1. The molecule has 1 fully saturated rings. The van der Waals surface area contributed by atoms with E-state index in [9.17, 15) is 13.2 Å². The van der Waals surface area contributed by atoms with Gasteiger partial charge in [-0.15, -0.1) is 0 Å². The van der Waals surface area contributed by atoms with Gasteiger partial charge >= 0.3 is 0 Å². The zero-order valence-electron chi connectivity index (χ0n) is 16.0. The topological polar surface area (TPSA) is 83.7 Å². The molecular formula is C19H24ClN3O4S. The van der Waals surface area contributed by atoms with E-state index in [1.807, 2.05) is 24.3 Å². The van der Waals surface area contributed by atoms with Gasteiger partial charge in [-0.2, -0.15) is 4.31 Å². The maximum absolute atomic E-state index is 13.0. The molecule has 28 heavy (non-hydrogen) atoms. The van der Waals surface area contributed by atoms with Gasteiger partial charge in [0.05, 0.1) is 0 Å². The van der Waals surface area contributed by atoms with Crippen molar-refractivity contribution in [3.05, 3.63) is 46.3 Å². The lowest BCUT2D eigenvalue weighted by Gasteiger charge is -2.22. The van der Waals surface area contributed by atoms with Gasteiger partial charge in [0.1, 0.15) is 10.6 Å². The van der Waals surface area contributed by atoms with Crippen molar-refractivity contribution in [2.75, 3.05) is 26.2 Å². The molecule has 152 valence electrons. The third-order valence-corrected chi connectivity index (χ3v) is 7.31. The van der Waals surface area contributed by atoms with E-state index in [1.54, 1.807) is 18.7 Å². The Labute approximate surface area is 170 Å². The summed E-state index contributed by atoms with van der Waals surface area (Å²) < 4.78 is 32.4. The van der Waals surface area contributed by atoms with Crippen molar-refractivity contribution in [3.8, 4) is 0 Å². The second-order valence-corrected chi connectivity index (χ2v) is 9.23. The first-order valence-corrected chi connectivity index (χ1v) is 11.1. The molecule has 1 amide bonds. The monoisotopic (exact) mass is 425 g/mol. The lowest BCUT2D eigenvalue weighted by Crippen LogP contribution is -2.37. The Balaban J connectivity index is 1.61. The number of carbonyl (C=O) groups is 1. The Bertz CT molecular complexity index is 921. The molecule has 0 unspecified atom stereocenters. The second kappa shape index (κ2) is 8.63. The van der Waals surface area contributed by atoms with E-state index in [1.165, 1.54) is 4.31 Å². The number of rotatable bonds is 5. The zero-order valence-corrected chi connectivity index (χ0v) is 17.6. The highest BCUT2D eigenvalue weighted by atomic mass is 35.5. The minimum atomic E-state index is -3.69. The maximum atomic E-state index is 13.0. The lowest BCUT2D eigenvalue weighted by molar-refractivity contribution is -0.131. The molecule has 9 heteroatoms. The van der Waals surface area contributed by atoms with Gasteiger partial charge in [-0.25, -0.2) is 8.42 Å². The van der Waals surface area contributed by atoms with Gasteiger partial charge in [0.15, 0.2) is 5.76 Å². The molecule has 0 N–H and O–H groups in total. The number of aromatic nitrogens is 1. The molecule has 2 aromatic rings. The number of carbonyl (C=O) groups excluding carboxylic acids is 1. The van der Waals surface area contributed by atoms with Crippen molar-refractivity contribution in [1.82, 2.24) is 14.4 Å². The van der Waals surface area contributed by atoms with Crippen molar-refractivity contribution in [2.24, 2.45) is 0 Å². The number of hydrogen-bond donors (Lipinski definition) is 0. The number of nitrogens with zero attached hydrogens (tertiary/aromatic N) is 3. The normalized spacial score (nSPS) is 16.2. The fraction of sp³-hybridized carbons (Fsp3) is 0.474. The first kappa shape index (κ1) is 20.8. The highest BCUT2D eigenvalue weighted by Crippen LogP contribution is 2.24. The second-order valence-electron chi connectivity index (χ2n) is 6.92. The van der Waals surface area contributed by atoms with Gasteiger partial charge in [-0.1, -0.05) is 28.9 Å². The van der Waals surface area contributed by atoms with Gasteiger partial charge in [0, 0.05) is 37.6 Å². The summed E-state index contributed by atoms with van der Waals surface area (Å²) in [5, 5.41) is 4.42. The van der Waals surface area contributed by atoms with E-state index in [4.69, 9.17) is 16.1 Å². The van der Waals surface area contributed by atoms with Gasteiger partial charge in [-0.05, 0) is 44.4 Å². The van der Waals surface area contributed by atoms with Crippen LogP contribution in [0.3, 0.4) is 0 Å². The van der Waals surface area contributed by atoms with Gasteiger partial charge in [0.25, 0.3) is 0 Å². The fourth-order valence-corrected chi connectivity index (χ4v) is 5.30. The average molecular weight is 426 g/mol. The van der Waals surface area contributed by atoms with Crippen LogP contribution in [-0.4, -0.2) is 54.9 Å². The molecule has 0 radical (unpaired) electrons. The van der Waals surface area contributed by atoms with Crippen LogP contribution >= 0.6 is 11.6 Å². The quantitative estimate of drug-likeness (QED) is 0.735. The molecule has 0 atom stereocenters. The number of benzene rings is 1. The van der Waals surface area contributed by atoms with Crippen molar-refractivity contribution >= 4 is 27.5 Å². The molecule has 0 aliphatic carbocycles. The van der Waals surface area contributed by atoms with Crippen LogP contribution in [0.1, 0.15) is 29.9 Å². The summed E-state index contributed by atoms with van der Waals surface area (Å²) in [6, 6.07) is 7.45. The predicted molar refractivity (Wildman–Crippen MR) is 106 cm³/mol. The summed E-state index contributed by atoms with van der Waals surface area (Å²) in [7, 11) is -3.69. The number of aryl methyl sites for hydroxylation is 3. The highest BCUT2D eigenvalue weighted by molar-refractivity contribution is 7.89. The van der Waals surface area contributed by atoms with Gasteiger partial charge < -0.3 is 9.42 Å². The standard InChI is InChI=1S/C19H24ClN3O4S/c1-14-19(15(2)27-21-14)28(25,26)23-11-3-10-22(12-13-23)18(24)9-6-16-4-7-17(20)8-5-16/h4-5,7-8H,3,6,9-13H2,1-2H3.